The summed E-state index contributed by atoms with van der Waals surface area (Å²) in [4.78, 5) is 12.9. The van der Waals surface area contributed by atoms with Crippen LogP contribution < -0.4 is 5.73 Å². The summed E-state index contributed by atoms with van der Waals surface area (Å²) in [5.41, 5.74) is 5.62. The lowest BCUT2D eigenvalue weighted by Gasteiger charge is -2.42. The van der Waals surface area contributed by atoms with Crippen molar-refractivity contribution in [2.24, 2.45) is 5.73 Å². The number of nitrogens with zero attached hydrogens (tertiary/aromatic N) is 1. The molecular weight excluding hydrogens is 196 g/mol. The van der Waals surface area contributed by atoms with Crippen molar-refractivity contribution < 1.29 is 14.6 Å². The molecule has 4 unspecified atom stereocenters. The summed E-state index contributed by atoms with van der Waals surface area (Å²) in [6.07, 6.45) is 0.127. The minimum Gasteiger partial charge on any atom is -0.480 e. The van der Waals surface area contributed by atoms with Crippen LogP contribution in [0.4, 0.5) is 0 Å². The van der Waals surface area contributed by atoms with Gasteiger partial charge in [0.25, 0.3) is 0 Å². The van der Waals surface area contributed by atoms with Gasteiger partial charge in [-0.1, -0.05) is 0 Å². The average Bonchev–Trinajstić information content (AvgIpc) is 2.20. The van der Waals surface area contributed by atoms with Crippen molar-refractivity contribution >= 4 is 5.97 Å². The number of hydrogen-bond donors (Lipinski definition) is 2. The number of carboxylic acid groups (broad SMARTS) is 1. The third-order valence-electron chi connectivity index (χ3n) is 3.26. The van der Waals surface area contributed by atoms with Gasteiger partial charge >= 0.3 is 5.97 Å². The van der Waals surface area contributed by atoms with E-state index >= 15 is 0 Å². The van der Waals surface area contributed by atoms with Crippen LogP contribution in [0.5, 0.6) is 0 Å². The Morgan fingerprint density at radius 1 is 1.60 bits per heavy atom. The van der Waals surface area contributed by atoms with Gasteiger partial charge in [0.05, 0.1) is 12.7 Å². The first-order valence-electron chi connectivity index (χ1n) is 5.31. The number of nitrogens with two attached hydrogens (primary N) is 1. The minimum atomic E-state index is -0.950. The molecule has 1 aliphatic heterocycles. The molecule has 1 heterocycles. The highest BCUT2D eigenvalue weighted by Gasteiger charge is 2.33. The van der Waals surface area contributed by atoms with E-state index < -0.39 is 12.0 Å². The molecule has 5 nitrogen and oxygen atoms in total. The molecule has 5 heteroatoms. The predicted molar refractivity (Wildman–Crippen MR) is 56.7 cm³/mol. The standard InChI is InChI=1S/C10H20N2O3/c1-6-8(3)15-5-4-12(6)7(2)9(11)10(13)14/h6-9H,4-5,11H2,1-3H3,(H,13,14). The maximum atomic E-state index is 10.8. The lowest BCUT2D eigenvalue weighted by Crippen LogP contribution is -2.58. The van der Waals surface area contributed by atoms with Gasteiger partial charge in [-0.3, -0.25) is 9.69 Å². The first kappa shape index (κ1) is 12.4. The largest absolute Gasteiger partial charge is 0.480 e. The van der Waals surface area contributed by atoms with E-state index in [1.54, 1.807) is 0 Å². The SMILES string of the molecule is CC1OCCN(C(C)C(N)C(=O)O)C1C. The zero-order valence-electron chi connectivity index (χ0n) is 9.51. The van der Waals surface area contributed by atoms with Crippen LogP contribution in [0.15, 0.2) is 0 Å². The van der Waals surface area contributed by atoms with E-state index in [0.29, 0.717) is 6.61 Å². The smallest absolute Gasteiger partial charge is 0.322 e. The molecule has 0 aliphatic carbocycles. The van der Waals surface area contributed by atoms with Crippen LogP contribution in [0.25, 0.3) is 0 Å². The molecule has 0 aromatic rings. The normalized spacial score (nSPS) is 32.3. The molecule has 4 atom stereocenters. The molecule has 0 amide bonds. The molecule has 0 radical (unpaired) electrons. The second-order valence-electron chi connectivity index (χ2n) is 4.16. The highest BCUT2D eigenvalue weighted by molar-refractivity contribution is 5.74. The zero-order chi connectivity index (χ0) is 11.6. The monoisotopic (exact) mass is 216 g/mol. The quantitative estimate of drug-likeness (QED) is 0.688. The van der Waals surface area contributed by atoms with Gasteiger partial charge in [-0.2, -0.15) is 0 Å². The Kier molecular flexibility index (Phi) is 4.07. The van der Waals surface area contributed by atoms with E-state index in [4.69, 9.17) is 15.6 Å². The van der Waals surface area contributed by atoms with Gasteiger partial charge in [-0.15, -0.1) is 0 Å². The van der Waals surface area contributed by atoms with Gasteiger partial charge in [0.2, 0.25) is 0 Å². The number of hydrogen-bond acceptors (Lipinski definition) is 4. The number of aliphatic carboxylic acids is 1. The summed E-state index contributed by atoms with van der Waals surface area (Å²) in [5, 5.41) is 8.85. The van der Waals surface area contributed by atoms with Crippen LogP contribution in [0.2, 0.25) is 0 Å². The molecule has 0 aromatic heterocycles. The molecule has 1 rings (SSSR count). The van der Waals surface area contributed by atoms with Gasteiger partial charge in [-0.25, -0.2) is 0 Å². The van der Waals surface area contributed by atoms with Crippen molar-refractivity contribution in [3.05, 3.63) is 0 Å². The van der Waals surface area contributed by atoms with E-state index in [2.05, 4.69) is 4.90 Å². The Balaban J connectivity index is 2.65. The minimum absolute atomic E-state index is 0.127. The molecule has 1 fully saturated rings. The third-order valence-corrected chi connectivity index (χ3v) is 3.26. The van der Waals surface area contributed by atoms with Crippen molar-refractivity contribution in [3.63, 3.8) is 0 Å². The predicted octanol–water partition coefficient (Wildman–Crippen LogP) is -0.104. The molecule has 0 aromatic carbocycles. The van der Waals surface area contributed by atoms with E-state index in [9.17, 15) is 4.79 Å². The zero-order valence-corrected chi connectivity index (χ0v) is 9.51. The number of morpholine rings is 1. The van der Waals surface area contributed by atoms with Crippen molar-refractivity contribution in [2.45, 2.75) is 45.0 Å². The van der Waals surface area contributed by atoms with Crippen molar-refractivity contribution in [3.8, 4) is 0 Å². The Labute approximate surface area is 90.2 Å². The maximum absolute atomic E-state index is 10.8. The number of ether oxygens (including phenoxy) is 1. The van der Waals surface area contributed by atoms with Crippen LogP contribution in [0, 0.1) is 0 Å². The molecule has 1 saturated heterocycles. The lowest BCUT2D eigenvalue weighted by molar-refractivity contribution is -0.142. The van der Waals surface area contributed by atoms with E-state index in [-0.39, 0.29) is 18.2 Å². The fraction of sp³-hybridized carbons (Fsp3) is 0.900. The molecule has 15 heavy (non-hydrogen) atoms. The summed E-state index contributed by atoms with van der Waals surface area (Å²) >= 11 is 0. The van der Waals surface area contributed by atoms with Crippen LogP contribution in [-0.4, -0.2) is 53.4 Å². The van der Waals surface area contributed by atoms with Crippen molar-refractivity contribution in [1.82, 2.24) is 4.90 Å². The number of carbonyl (C=O) groups is 1. The van der Waals surface area contributed by atoms with Crippen LogP contribution in [-0.2, 0) is 9.53 Å². The third kappa shape index (κ3) is 2.68. The fourth-order valence-corrected chi connectivity index (χ4v) is 1.94. The Bertz CT molecular complexity index is 235. The fourth-order valence-electron chi connectivity index (χ4n) is 1.94. The summed E-state index contributed by atoms with van der Waals surface area (Å²) in [5.74, 6) is -0.950. The Morgan fingerprint density at radius 3 is 2.73 bits per heavy atom. The lowest BCUT2D eigenvalue weighted by atomic mass is 10.0. The van der Waals surface area contributed by atoms with Crippen LogP contribution in [0.3, 0.4) is 0 Å². The highest BCUT2D eigenvalue weighted by atomic mass is 16.5. The van der Waals surface area contributed by atoms with Gasteiger partial charge < -0.3 is 15.6 Å². The van der Waals surface area contributed by atoms with E-state index in [0.717, 1.165) is 6.54 Å². The van der Waals surface area contributed by atoms with Gasteiger partial charge in [0.15, 0.2) is 0 Å². The average molecular weight is 216 g/mol. The second kappa shape index (κ2) is 4.92. The molecule has 3 N–H and O–H groups in total. The first-order valence-corrected chi connectivity index (χ1v) is 5.31. The van der Waals surface area contributed by atoms with Gasteiger partial charge in [0.1, 0.15) is 6.04 Å². The summed E-state index contributed by atoms with van der Waals surface area (Å²) in [6, 6.07) is -0.791. The second-order valence-corrected chi connectivity index (χ2v) is 4.16. The first-order chi connectivity index (χ1) is 6.95. The van der Waals surface area contributed by atoms with Crippen LogP contribution >= 0.6 is 0 Å². The molecule has 1 aliphatic rings. The van der Waals surface area contributed by atoms with E-state index in [1.165, 1.54) is 0 Å². The summed E-state index contributed by atoms with van der Waals surface area (Å²) in [7, 11) is 0. The summed E-state index contributed by atoms with van der Waals surface area (Å²) in [6.45, 7) is 7.27. The van der Waals surface area contributed by atoms with Crippen molar-refractivity contribution in [2.75, 3.05) is 13.2 Å². The Hall–Kier alpha value is -0.650. The van der Waals surface area contributed by atoms with Gasteiger partial charge in [-0.05, 0) is 20.8 Å². The van der Waals surface area contributed by atoms with E-state index in [1.807, 2.05) is 20.8 Å². The maximum Gasteiger partial charge on any atom is 0.322 e. The number of rotatable bonds is 3. The molecule has 0 bridgehead atoms. The van der Waals surface area contributed by atoms with Crippen LogP contribution in [0.1, 0.15) is 20.8 Å². The number of carboxylic acids is 1. The topological polar surface area (TPSA) is 75.8 Å². The molecule has 0 saturated carbocycles. The Morgan fingerprint density at radius 2 is 2.20 bits per heavy atom. The summed E-state index contributed by atoms with van der Waals surface area (Å²) < 4.78 is 5.48. The highest BCUT2D eigenvalue weighted by Crippen LogP contribution is 2.17. The molecule has 0 spiro atoms. The van der Waals surface area contributed by atoms with Crippen molar-refractivity contribution in [1.29, 1.82) is 0 Å². The molecular formula is C10H20N2O3. The van der Waals surface area contributed by atoms with Gasteiger partial charge in [0, 0.05) is 18.6 Å². The molecule has 88 valence electrons.